The Bertz CT molecular complexity index is 375. The molecule has 2 rings (SSSR count). The van der Waals surface area contributed by atoms with E-state index >= 15 is 0 Å². The smallest absolute Gasteiger partial charge is 0.126 e. The van der Waals surface area contributed by atoms with E-state index in [2.05, 4.69) is 13.8 Å². The highest BCUT2D eigenvalue weighted by atomic mass is 16.5. The molecular weight excluding hydrogens is 254 g/mol. The van der Waals surface area contributed by atoms with Crippen molar-refractivity contribution in [3.63, 3.8) is 0 Å². The van der Waals surface area contributed by atoms with Crippen LogP contribution in [0.15, 0.2) is 30.3 Å². The van der Waals surface area contributed by atoms with Crippen molar-refractivity contribution in [2.75, 3.05) is 26.2 Å². The number of hydrogen-bond acceptors (Lipinski definition) is 3. The van der Waals surface area contributed by atoms with Crippen LogP contribution >= 0.6 is 0 Å². The molecule has 4 nitrogen and oxygen atoms in total. The Balaban J connectivity index is 1.66. The van der Waals surface area contributed by atoms with Gasteiger partial charge in [-0.05, 0) is 19.4 Å². The van der Waals surface area contributed by atoms with E-state index in [4.69, 9.17) is 9.47 Å². The molecule has 1 aromatic carbocycles. The second-order valence-corrected chi connectivity index (χ2v) is 5.77. The number of hydrogen-bond donors (Lipinski definition) is 2. The number of quaternary nitrogens is 1. The third kappa shape index (κ3) is 5.21. The van der Waals surface area contributed by atoms with Crippen molar-refractivity contribution in [2.24, 2.45) is 0 Å². The largest absolute Gasteiger partial charge is 0.385 e. The van der Waals surface area contributed by atoms with Crippen LogP contribution in [0.5, 0.6) is 0 Å². The van der Waals surface area contributed by atoms with Crippen LogP contribution in [0.25, 0.3) is 0 Å². The number of aliphatic hydroxyl groups is 1. The first kappa shape index (κ1) is 15.4. The number of rotatable bonds is 6. The predicted octanol–water partition coefficient (Wildman–Crippen LogP) is 0.256. The molecule has 0 saturated carbocycles. The lowest BCUT2D eigenvalue weighted by molar-refractivity contribution is -0.918. The molecule has 1 aromatic rings. The first-order chi connectivity index (χ1) is 9.63. The van der Waals surface area contributed by atoms with Gasteiger partial charge in [-0.2, -0.15) is 0 Å². The molecule has 0 aromatic heterocycles. The van der Waals surface area contributed by atoms with Crippen molar-refractivity contribution in [1.29, 1.82) is 0 Å². The van der Waals surface area contributed by atoms with Crippen LogP contribution in [-0.2, 0) is 16.1 Å². The summed E-state index contributed by atoms with van der Waals surface area (Å²) in [5, 5.41) is 10.1. The molecule has 112 valence electrons. The van der Waals surface area contributed by atoms with Gasteiger partial charge in [-0.15, -0.1) is 0 Å². The van der Waals surface area contributed by atoms with Gasteiger partial charge in [0, 0.05) is 0 Å². The quantitative estimate of drug-likeness (QED) is 0.785. The minimum atomic E-state index is -0.411. The van der Waals surface area contributed by atoms with E-state index in [0.717, 1.165) is 25.2 Å². The molecule has 2 N–H and O–H groups in total. The molecule has 1 saturated heterocycles. The fourth-order valence-corrected chi connectivity index (χ4v) is 2.84. The van der Waals surface area contributed by atoms with Crippen molar-refractivity contribution in [2.45, 2.75) is 38.8 Å². The van der Waals surface area contributed by atoms with Crippen LogP contribution in [0.2, 0.25) is 0 Å². The highest BCUT2D eigenvalue weighted by Crippen LogP contribution is 2.01. The van der Waals surface area contributed by atoms with Crippen LogP contribution in [0.3, 0.4) is 0 Å². The maximum atomic E-state index is 10.1. The molecule has 4 heteroatoms. The molecule has 0 amide bonds. The SMILES string of the molecule is C[C@@H]1C[NH+](C[C@H](O)COCc2ccccc2)C[C@@H](C)O1. The zero-order valence-corrected chi connectivity index (χ0v) is 12.4. The third-order valence-electron chi connectivity index (χ3n) is 3.56. The lowest BCUT2D eigenvalue weighted by Gasteiger charge is -2.33. The van der Waals surface area contributed by atoms with Crippen molar-refractivity contribution in [3.05, 3.63) is 35.9 Å². The zero-order chi connectivity index (χ0) is 14.4. The molecule has 1 fully saturated rings. The van der Waals surface area contributed by atoms with Gasteiger partial charge in [-0.1, -0.05) is 30.3 Å². The second-order valence-electron chi connectivity index (χ2n) is 5.77. The normalized spacial score (nSPS) is 28.2. The number of morpholine rings is 1. The van der Waals surface area contributed by atoms with Crippen molar-refractivity contribution in [1.82, 2.24) is 0 Å². The van der Waals surface area contributed by atoms with E-state index < -0.39 is 6.10 Å². The topological polar surface area (TPSA) is 43.1 Å². The first-order valence-electron chi connectivity index (χ1n) is 7.42. The summed E-state index contributed by atoms with van der Waals surface area (Å²) in [4.78, 5) is 1.40. The molecule has 0 unspecified atom stereocenters. The molecule has 0 bridgehead atoms. The van der Waals surface area contributed by atoms with Gasteiger partial charge in [-0.3, -0.25) is 0 Å². The molecular formula is C16H26NO3+. The Hall–Kier alpha value is -0.940. The van der Waals surface area contributed by atoms with E-state index in [1.54, 1.807) is 0 Å². The third-order valence-corrected chi connectivity index (χ3v) is 3.56. The summed E-state index contributed by atoms with van der Waals surface area (Å²) in [6, 6.07) is 10.0. The maximum absolute atomic E-state index is 10.1. The van der Waals surface area contributed by atoms with E-state index in [-0.39, 0.29) is 12.2 Å². The minimum absolute atomic E-state index is 0.270. The first-order valence-corrected chi connectivity index (χ1v) is 7.42. The molecule has 0 spiro atoms. The molecule has 20 heavy (non-hydrogen) atoms. The van der Waals surface area contributed by atoms with Crippen molar-refractivity contribution < 1.29 is 19.5 Å². The lowest BCUT2D eigenvalue weighted by Crippen LogP contribution is -3.16. The van der Waals surface area contributed by atoms with E-state index in [1.165, 1.54) is 4.90 Å². The summed E-state index contributed by atoms with van der Waals surface area (Å²) in [6.07, 6.45) is 0.128. The Labute approximate surface area is 121 Å². The summed E-state index contributed by atoms with van der Waals surface area (Å²) >= 11 is 0. The molecule has 1 heterocycles. The van der Waals surface area contributed by atoms with Crippen LogP contribution in [-0.4, -0.2) is 49.7 Å². The standard InChI is InChI=1S/C16H25NO3/c1-13-8-17(9-14(2)20-13)10-16(18)12-19-11-15-6-4-3-5-7-15/h3-7,13-14,16,18H,8-12H2,1-2H3/p+1/t13-,14-,16+/m1/s1. The highest BCUT2D eigenvalue weighted by molar-refractivity contribution is 5.13. The van der Waals surface area contributed by atoms with Gasteiger partial charge in [0.15, 0.2) is 0 Å². The minimum Gasteiger partial charge on any atom is -0.385 e. The van der Waals surface area contributed by atoms with Crippen LogP contribution < -0.4 is 4.90 Å². The Kier molecular flexibility index (Phi) is 5.98. The summed E-state index contributed by atoms with van der Waals surface area (Å²) in [5.74, 6) is 0. The number of nitrogens with one attached hydrogen (secondary N) is 1. The van der Waals surface area contributed by atoms with Crippen molar-refractivity contribution in [3.8, 4) is 0 Å². The Morgan fingerprint density at radius 2 is 1.90 bits per heavy atom. The fourth-order valence-electron chi connectivity index (χ4n) is 2.84. The number of ether oxygens (including phenoxy) is 2. The predicted molar refractivity (Wildman–Crippen MR) is 77.7 cm³/mol. The zero-order valence-electron chi connectivity index (χ0n) is 12.4. The van der Waals surface area contributed by atoms with Gasteiger partial charge in [-0.25, -0.2) is 0 Å². The van der Waals surface area contributed by atoms with Crippen LogP contribution in [0.1, 0.15) is 19.4 Å². The highest BCUT2D eigenvalue weighted by Gasteiger charge is 2.27. The van der Waals surface area contributed by atoms with Crippen molar-refractivity contribution >= 4 is 0 Å². The van der Waals surface area contributed by atoms with Crippen LogP contribution in [0, 0.1) is 0 Å². The average Bonchev–Trinajstić information content (AvgIpc) is 2.38. The Morgan fingerprint density at radius 3 is 2.55 bits per heavy atom. The Morgan fingerprint density at radius 1 is 1.25 bits per heavy atom. The van der Waals surface area contributed by atoms with E-state index in [1.807, 2.05) is 30.3 Å². The monoisotopic (exact) mass is 280 g/mol. The van der Waals surface area contributed by atoms with Gasteiger partial charge < -0.3 is 19.5 Å². The lowest BCUT2D eigenvalue weighted by atomic mass is 10.2. The number of benzene rings is 1. The van der Waals surface area contributed by atoms with E-state index in [9.17, 15) is 5.11 Å². The molecule has 3 atom stereocenters. The average molecular weight is 280 g/mol. The summed E-state index contributed by atoms with van der Waals surface area (Å²) in [5.41, 5.74) is 1.14. The van der Waals surface area contributed by atoms with Gasteiger partial charge >= 0.3 is 0 Å². The van der Waals surface area contributed by atoms with Gasteiger partial charge in [0.25, 0.3) is 0 Å². The summed E-state index contributed by atoms with van der Waals surface area (Å²) in [7, 11) is 0. The molecule has 1 aliphatic heterocycles. The summed E-state index contributed by atoms with van der Waals surface area (Å²) in [6.45, 7) is 7.78. The molecule has 0 aliphatic carbocycles. The van der Waals surface area contributed by atoms with Gasteiger partial charge in [0.1, 0.15) is 37.9 Å². The van der Waals surface area contributed by atoms with Crippen LogP contribution in [0.4, 0.5) is 0 Å². The summed E-state index contributed by atoms with van der Waals surface area (Å²) < 4.78 is 11.3. The van der Waals surface area contributed by atoms with Gasteiger partial charge in [0.2, 0.25) is 0 Å². The van der Waals surface area contributed by atoms with Gasteiger partial charge in [0.05, 0.1) is 13.2 Å². The second kappa shape index (κ2) is 7.74. The molecule has 1 aliphatic rings. The number of aliphatic hydroxyl groups excluding tert-OH is 1. The van der Waals surface area contributed by atoms with E-state index in [0.29, 0.717) is 13.2 Å². The fraction of sp³-hybridized carbons (Fsp3) is 0.625. The molecule has 0 radical (unpaired) electrons. The maximum Gasteiger partial charge on any atom is 0.126 e.